The summed E-state index contributed by atoms with van der Waals surface area (Å²) in [5, 5.41) is 0. The van der Waals surface area contributed by atoms with Crippen LogP contribution in [0.15, 0.2) is 0 Å². The lowest BCUT2D eigenvalue weighted by atomic mass is 10.4. The summed E-state index contributed by atoms with van der Waals surface area (Å²) in [6.45, 7) is 3.82. The van der Waals surface area contributed by atoms with E-state index in [2.05, 4.69) is 0 Å². The SMILES string of the molecule is CC[CH]S(=O)(=O)CCCC. The van der Waals surface area contributed by atoms with Crippen LogP contribution in [0.1, 0.15) is 33.1 Å². The van der Waals surface area contributed by atoms with Crippen molar-refractivity contribution >= 4 is 9.84 Å². The molecule has 0 N–H and O–H groups in total. The van der Waals surface area contributed by atoms with Crippen molar-refractivity contribution in [3.05, 3.63) is 5.75 Å². The monoisotopic (exact) mass is 163 g/mol. The number of unbranched alkanes of at least 4 members (excludes halogenated alkanes) is 1. The highest BCUT2D eigenvalue weighted by Crippen LogP contribution is 2.02. The summed E-state index contributed by atoms with van der Waals surface area (Å²) in [6.07, 6.45) is 2.33. The van der Waals surface area contributed by atoms with E-state index in [9.17, 15) is 8.42 Å². The van der Waals surface area contributed by atoms with Gasteiger partial charge in [-0.25, -0.2) is 8.42 Å². The molecule has 0 aromatic heterocycles. The van der Waals surface area contributed by atoms with E-state index in [1.165, 1.54) is 5.75 Å². The van der Waals surface area contributed by atoms with Crippen LogP contribution in [0.3, 0.4) is 0 Å². The first-order chi connectivity index (χ1) is 4.62. The van der Waals surface area contributed by atoms with E-state index in [0.717, 1.165) is 12.8 Å². The van der Waals surface area contributed by atoms with E-state index in [0.29, 0.717) is 12.2 Å². The van der Waals surface area contributed by atoms with Crippen LogP contribution in [0.25, 0.3) is 0 Å². The van der Waals surface area contributed by atoms with Gasteiger partial charge in [0.2, 0.25) is 0 Å². The second-order valence-corrected chi connectivity index (χ2v) is 4.36. The summed E-state index contributed by atoms with van der Waals surface area (Å²) in [5.74, 6) is 1.71. The van der Waals surface area contributed by atoms with Crippen molar-refractivity contribution in [2.45, 2.75) is 33.1 Å². The van der Waals surface area contributed by atoms with Gasteiger partial charge in [0.25, 0.3) is 0 Å². The molecule has 0 unspecified atom stereocenters. The molecule has 10 heavy (non-hydrogen) atoms. The number of hydrogen-bond acceptors (Lipinski definition) is 2. The second kappa shape index (κ2) is 4.72. The van der Waals surface area contributed by atoms with Crippen molar-refractivity contribution in [2.24, 2.45) is 0 Å². The molecule has 0 aliphatic heterocycles. The highest BCUT2D eigenvalue weighted by Gasteiger charge is 2.07. The van der Waals surface area contributed by atoms with E-state index < -0.39 is 9.84 Å². The topological polar surface area (TPSA) is 34.1 Å². The van der Waals surface area contributed by atoms with Crippen LogP contribution < -0.4 is 0 Å². The second-order valence-electron chi connectivity index (χ2n) is 2.30. The zero-order chi connectivity index (χ0) is 8.04. The van der Waals surface area contributed by atoms with Crippen LogP contribution in [0, 0.1) is 5.75 Å². The van der Waals surface area contributed by atoms with E-state index in [-0.39, 0.29) is 0 Å². The Balaban J connectivity index is 3.65. The Hall–Kier alpha value is -0.0500. The van der Waals surface area contributed by atoms with Gasteiger partial charge in [0.05, 0.1) is 11.5 Å². The van der Waals surface area contributed by atoms with E-state index in [4.69, 9.17) is 0 Å². The molecular weight excluding hydrogens is 148 g/mol. The molecule has 0 amide bonds. The summed E-state index contributed by atoms with van der Waals surface area (Å²) in [6, 6.07) is 0. The lowest BCUT2D eigenvalue weighted by molar-refractivity contribution is 0.597. The van der Waals surface area contributed by atoms with Crippen LogP contribution >= 0.6 is 0 Å². The fourth-order valence-electron chi connectivity index (χ4n) is 0.683. The van der Waals surface area contributed by atoms with Crippen LogP contribution in [0.5, 0.6) is 0 Å². The minimum atomic E-state index is -2.82. The molecule has 0 aromatic carbocycles. The van der Waals surface area contributed by atoms with Crippen LogP contribution in [-0.2, 0) is 9.84 Å². The number of rotatable bonds is 5. The molecule has 0 spiro atoms. The molecule has 0 rings (SSSR count). The summed E-state index contributed by atoms with van der Waals surface area (Å²) in [7, 11) is -2.82. The Morgan fingerprint density at radius 3 is 2.30 bits per heavy atom. The van der Waals surface area contributed by atoms with Gasteiger partial charge in [-0.3, -0.25) is 0 Å². The Kier molecular flexibility index (Phi) is 4.69. The molecule has 0 saturated heterocycles. The highest BCUT2D eigenvalue weighted by molar-refractivity contribution is 7.93. The first-order valence-electron chi connectivity index (χ1n) is 3.68. The maximum Gasteiger partial charge on any atom is 0.154 e. The van der Waals surface area contributed by atoms with E-state index in [1.54, 1.807) is 0 Å². The smallest absolute Gasteiger partial charge is 0.154 e. The minimum absolute atomic E-state index is 0.317. The Bertz CT molecular complexity index is 158. The molecular formula is C7H15O2S. The normalized spacial score (nSPS) is 11.8. The van der Waals surface area contributed by atoms with Crippen molar-refractivity contribution in [3.63, 3.8) is 0 Å². The van der Waals surface area contributed by atoms with Gasteiger partial charge >= 0.3 is 0 Å². The van der Waals surface area contributed by atoms with Gasteiger partial charge in [-0.2, -0.15) is 0 Å². The van der Waals surface area contributed by atoms with Crippen LogP contribution in [-0.4, -0.2) is 14.2 Å². The molecule has 3 heteroatoms. The van der Waals surface area contributed by atoms with Gasteiger partial charge in [-0.1, -0.05) is 20.3 Å². The lowest BCUT2D eigenvalue weighted by Gasteiger charge is -1.98. The molecule has 0 fully saturated rings. The third kappa shape index (κ3) is 4.79. The fourth-order valence-corrected chi connectivity index (χ4v) is 2.05. The molecule has 0 saturated carbocycles. The summed E-state index contributed by atoms with van der Waals surface area (Å²) in [5.41, 5.74) is 0. The highest BCUT2D eigenvalue weighted by atomic mass is 32.2. The third-order valence-electron chi connectivity index (χ3n) is 1.20. The molecule has 0 aliphatic rings. The summed E-state index contributed by atoms with van der Waals surface area (Å²) in [4.78, 5) is 0. The van der Waals surface area contributed by atoms with Crippen LogP contribution in [0.4, 0.5) is 0 Å². The van der Waals surface area contributed by atoms with E-state index >= 15 is 0 Å². The largest absolute Gasteiger partial charge is 0.229 e. The van der Waals surface area contributed by atoms with Crippen molar-refractivity contribution in [1.82, 2.24) is 0 Å². The summed E-state index contributed by atoms with van der Waals surface area (Å²) < 4.78 is 21.9. The van der Waals surface area contributed by atoms with Crippen molar-refractivity contribution in [3.8, 4) is 0 Å². The first-order valence-corrected chi connectivity index (χ1v) is 5.40. The van der Waals surface area contributed by atoms with Crippen molar-refractivity contribution in [2.75, 3.05) is 5.75 Å². The van der Waals surface area contributed by atoms with Gasteiger partial charge in [-0.05, 0) is 12.8 Å². The van der Waals surface area contributed by atoms with Gasteiger partial charge < -0.3 is 0 Å². The predicted octanol–water partition coefficient (Wildman–Crippen LogP) is 1.77. The third-order valence-corrected chi connectivity index (χ3v) is 2.90. The molecule has 61 valence electrons. The molecule has 0 aliphatic carbocycles. The molecule has 2 nitrogen and oxygen atoms in total. The number of hydrogen-bond donors (Lipinski definition) is 0. The Morgan fingerprint density at radius 2 is 1.90 bits per heavy atom. The van der Waals surface area contributed by atoms with Crippen molar-refractivity contribution in [1.29, 1.82) is 0 Å². The minimum Gasteiger partial charge on any atom is -0.229 e. The molecule has 0 heterocycles. The predicted molar refractivity (Wildman–Crippen MR) is 43.3 cm³/mol. The Morgan fingerprint density at radius 1 is 1.30 bits per heavy atom. The maximum atomic E-state index is 10.9. The zero-order valence-electron chi connectivity index (χ0n) is 6.63. The van der Waals surface area contributed by atoms with Crippen LogP contribution in [0.2, 0.25) is 0 Å². The van der Waals surface area contributed by atoms with Gasteiger partial charge in [-0.15, -0.1) is 0 Å². The Labute approximate surface area is 63.6 Å². The lowest BCUT2D eigenvalue weighted by Crippen LogP contribution is -2.05. The summed E-state index contributed by atoms with van der Waals surface area (Å²) >= 11 is 0. The first kappa shape index (κ1) is 9.95. The number of sulfone groups is 1. The fraction of sp³-hybridized carbons (Fsp3) is 0.857. The molecule has 0 aromatic rings. The maximum absolute atomic E-state index is 10.9. The van der Waals surface area contributed by atoms with Gasteiger partial charge in [0.15, 0.2) is 9.84 Å². The standard InChI is InChI=1S/C7H15O2S/c1-3-5-7-10(8,9)6-4-2/h6H,3-5,7H2,1-2H3. The van der Waals surface area contributed by atoms with Crippen molar-refractivity contribution < 1.29 is 8.42 Å². The van der Waals surface area contributed by atoms with Gasteiger partial charge in [0, 0.05) is 0 Å². The quantitative estimate of drug-likeness (QED) is 0.619. The van der Waals surface area contributed by atoms with E-state index in [1.807, 2.05) is 13.8 Å². The molecule has 0 atom stereocenters. The zero-order valence-corrected chi connectivity index (χ0v) is 7.45. The molecule has 0 bridgehead atoms. The van der Waals surface area contributed by atoms with Gasteiger partial charge in [0.1, 0.15) is 0 Å². The average molecular weight is 163 g/mol. The molecule has 1 radical (unpaired) electrons. The average Bonchev–Trinajstić information content (AvgIpc) is 1.84.